The molecule has 41 heavy (non-hydrogen) atoms. The summed E-state index contributed by atoms with van der Waals surface area (Å²) in [4.78, 5) is 26.5. The van der Waals surface area contributed by atoms with E-state index in [1.54, 1.807) is 18.2 Å². The van der Waals surface area contributed by atoms with Gasteiger partial charge in [0.05, 0.1) is 22.9 Å². The van der Waals surface area contributed by atoms with Crippen molar-refractivity contribution in [2.24, 2.45) is 0 Å². The molecule has 3 heterocycles. The van der Waals surface area contributed by atoms with Crippen molar-refractivity contribution in [1.29, 1.82) is 0 Å². The van der Waals surface area contributed by atoms with Gasteiger partial charge in [0.1, 0.15) is 11.6 Å². The lowest BCUT2D eigenvalue weighted by Crippen LogP contribution is -2.99. The standard InChI is InChI=1S/C28H34Cl2N8O3/c29-18-6-7-20(21(30)16-18)27-22(37-15-14-36(17-26(37)39)19-4-2-1-3-5-19)8-10-24(34-27)32-12-13-33-25-11-9-23(38(40)41)28(31)35-25/h6-11,16,19,38,40H,1-5,12-15,17H2,(H,32,34)(H3,31,33,35). The third-order valence-electron chi connectivity index (χ3n) is 7.58. The minimum absolute atomic E-state index is 0.0414. The zero-order chi connectivity index (χ0) is 28.9. The minimum Gasteiger partial charge on any atom is -0.595 e. The van der Waals surface area contributed by atoms with E-state index in [9.17, 15) is 10.0 Å². The van der Waals surface area contributed by atoms with E-state index in [1.807, 2.05) is 23.1 Å². The number of nitrogens with two attached hydrogens (primary N) is 1. The predicted molar refractivity (Wildman–Crippen MR) is 162 cm³/mol. The third-order valence-corrected chi connectivity index (χ3v) is 8.13. The number of halogens is 2. The fourth-order valence-electron chi connectivity index (χ4n) is 5.49. The van der Waals surface area contributed by atoms with Gasteiger partial charge < -0.3 is 26.5 Å². The van der Waals surface area contributed by atoms with Crippen molar-refractivity contribution < 1.29 is 15.2 Å². The molecule has 1 aromatic carbocycles. The van der Waals surface area contributed by atoms with E-state index in [4.69, 9.17) is 39.1 Å². The molecule has 2 aliphatic rings. The maximum Gasteiger partial charge on any atom is 0.241 e. The Morgan fingerprint density at radius 2 is 1.71 bits per heavy atom. The number of hydrogen-bond acceptors (Lipinski definition) is 9. The van der Waals surface area contributed by atoms with Crippen LogP contribution in [-0.2, 0) is 4.79 Å². The first-order valence-corrected chi connectivity index (χ1v) is 14.5. The van der Waals surface area contributed by atoms with Gasteiger partial charge in [0.25, 0.3) is 0 Å². The van der Waals surface area contributed by atoms with Gasteiger partial charge in [0.2, 0.25) is 11.6 Å². The smallest absolute Gasteiger partial charge is 0.241 e. The normalized spacial score (nSPS) is 17.5. The highest BCUT2D eigenvalue weighted by molar-refractivity contribution is 6.36. The summed E-state index contributed by atoms with van der Waals surface area (Å²) >= 11 is 12.8. The van der Waals surface area contributed by atoms with Crippen LogP contribution in [0.3, 0.4) is 0 Å². The van der Waals surface area contributed by atoms with Gasteiger partial charge in [-0.1, -0.05) is 42.5 Å². The van der Waals surface area contributed by atoms with E-state index < -0.39 is 5.23 Å². The van der Waals surface area contributed by atoms with Crippen molar-refractivity contribution in [3.05, 3.63) is 57.7 Å². The number of aromatic nitrogens is 2. The first kappa shape index (κ1) is 29.3. The lowest BCUT2D eigenvalue weighted by Gasteiger charge is -2.40. The number of hydrogen-bond donors (Lipinski definition) is 5. The summed E-state index contributed by atoms with van der Waals surface area (Å²) in [6.45, 7) is 2.77. The first-order valence-electron chi connectivity index (χ1n) is 13.8. The molecule has 0 bridgehead atoms. The zero-order valence-electron chi connectivity index (χ0n) is 22.6. The van der Waals surface area contributed by atoms with Crippen LogP contribution in [0.15, 0.2) is 42.5 Å². The molecule has 0 spiro atoms. The van der Waals surface area contributed by atoms with Gasteiger partial charge in [-0.15, -0.1) is 0 Å². The largest absolute Gasteiger partial charge is 0.595 e. The van der Waals surface area contributed by atoms with Crippen molar-refractivity contribution in [3.63, 3.8) is 0 Å². The zero-order valence-corrected chi connectivity index (χ0v) is 24.1. The highest BCUT2D eigenvalue weighted by Gasteiger charge is 2.32. The number of rotatable bonds is 9. The van der Waals surface area contributed by atoms with Crippen LogP contribution in [0.25, 0.3) is 11.3 Å². The van der Waals surface area contributed by atoms with Crippen LogP contribution in [0.2, 0.25) is 10.0 Å². The number of carbonyl (C=O) groups is 1. The van der Waals surface area contributed by atoms with Crippen molar-refractivity contribution in [2.45, 2.75) is 38.1 Å². The van der Waals surface area contributed by atoms with Crippen molar-refractivity contribution in [2.75, 3.05) is 54.0 Å². The number of pyridine rings is 2. The molecular formula is C28H34Cl2N8O3. The third kappa shape index (κ3) is 7.00. The second-order valence-corrected chi connectivity index (χ2v) is 11.1. The second-order valence-electron chi connectivity index (χ2n) is 10.3. The van der Waals surface area contributed by atoms with E-state index >= 15 is 0 Å². The maximum absolute atomic E-state index is 13.4. The molecule has 11 nitrogen and oxygen atoms in total. The monoisotopic (exact) mass is 600 g/mol. The summed E-state index contributed by atoms with van der Waals surface area (Å²) in [6.07, 6.45) is 6.06. The molecule has 1 atom stereocenters. The van der Waals surface area contributed by atoms with Crippen molar-refractivity contribution >= 4 is 57.9 Å². The Labute approximate surface area is 248 Å². The molecule has 1 unspecified atom stereocenters. The minimum atomic E-state index is -1.12. The lowest BCUT2D eigenvalue weighted by molar-refractivity contribution is -0.990. The van der Waals surface area contributed by atoms with Gasteiger partial charge in [0, 0.05) is 48.9 Å². The summed E-state index contributed by atoms with van der Waals surface area (Å²) in [5.74, 6) is 1.09. The van der Waals surface area contributed by atoms with Gasteiger partial charge in [-0.3, -0.25) is 9.69 Å². The number of amides is 1. The second kappa shape index (κ2) is 13.2. The first-order chi connectivity index (χ1) is 19.8. The molecule has 2 aromatic heterocycles. The Kier molecular flexibility index (Phi) is 9.43. The quantitative estimate of drug-likeness (QED) is 0.182. The number of nitrogens with one attached hydrogen (secondary N) is 3. The predicted octanol–water partition coefficient (Wildman–Crippen LogP) is 3.94. The van der Waals surface area contributed by atoms with E-state index in [0.29, 0.717) is 70.8 Å². The van der Waals surface area contributed by atoms with E-state index in [-0.39, 0.29) is 17.4 Å². The Morgan fingerprint density at radius 1 is 1.00 bits per heavy atom. The molecule has 1 amide bonds. The molecule has 2 fully saturated rings. The number of benzene rings is 1. The van der Waals surface area contributed by atoms with Gasteiger partial charge in [0.15, 0.2) is 5.82 Å². The number of anilines is 4. The van der Waals surface area contributed by atoms with Crippen molar-refractivity contribution in [3.8, 4) is 11.3 Å². The van der Waals surface area contributed by atoms with E-state index in [0.717, 1.165) is 19.4 Å². The summed E-state index contributed by atoms with van der Waals surface area (Å²) in [5, 5.41) is 26.5. The molecule has 13 heteroatoms. The SMILES string of the molecule is Nc1nc(NCCNc2ccc(N3CCN(C4CCCCC4)CC3=O)c(-c3ccc(Cl)cc3Cl)n2)ccc1[NH+]([O-])O. The number of carbonyl (C=O) groups excluding carboxylic acids is 1. The van der Waals surface area contributed by atoms with E-state index in [1.165, 1.54) is 25.3 Å². The molecule has 1 aliphatic carbocycles. The van der Waals surface area contributed by atoms with Crippen LogP contribution < -0.4 is 26.5 Å². The Morgan fingerprint density at radius 3 is 2.37 bits per heavy atom. The topological polar surface area (TPSA) is 147 Å². The van der Waals surface area contributed by atoms with Crippen molar-refractivity contribution in [1.82, 2.24) is 14.9 Å². The van der Waals surface area contributed by atoms with Gasteiger partial charge >= 0.3 is 0 Å². The molecule has 5 rings (SSSR count). The van der Waals surface area contributed by atoms with Crippen LogP contribution in [0.4, 0.5) is 28.8 Å². The van der Waals surface area contributed by atoms with Crippen LogP contribution in [0.1, 0.15) is 32.1 Å². The van der Waals surface area contributed by atoms with Crippen LogP contribution in [0, 0.1) is 5.21 Å². The lowest BCUT2D eigenvalue weighted by atomic mass is 9.93. The highest BCUT2D eigenvalue weighted by Crippen LogP contribution is 2.37. The molecule has 0 radical (unpaired) electrons. The molecule has 6 N–H and O–H groups in total. The number of piperazine rings is 1. The molecule has 218 valence electrons. The highest BCUT2D eigenvalue weighted by atomic mass is 35.5. The molecular weight excluding hydrogens is 567 g/mol. The van der Waals surface area contributed by atoms with Crippen LogP contribution in [0.5, 0.6) is 0 Å². The molecule has 3 aromatic rings. The van der Waals surface area contributed by atoms with Crippen LogP contribution >= 0.6 is 23.2 Å². The Hall–Kier alpha value is -3.19. The van der Waals surface area contributed by atoms with E-state index in [2.05, 4.69) is 20.5 Å². The molecule has 1 saturated carbocycles. The fourth-order valence-corrected chi connectivity index (χ4v) is 5.99. The summed E-state index contributed by atoms with van der Waals surface area (Å²) < 4.78 is 0. The summed E-state index contributed by atoms with van der Waals surface area (Å²) in [6, 6.07) is 12.5. The number of nitrogens with zero attached hydrogens (tertiary/aromatic N) is 4. The summed E-state index contributed by atoms with van der Waals surface area (Å²) in [7, 11) is 0. The molecule has 1 aliphatic heterocycles. The maximum atomic E-state index is 13.4. The van der Waals surface area contributed by atoms with Gasteiger partial charge in [-0.2, -0.15) is 5.23 Å². The summed E-state index contributed by atoms with van der Waals surface area (Å²) in [5.41, 5.74) is 7.69. The van der Waals surface area contributed by atoms with Gasteiger partial charge in [-0.25, -0.2) is 15.2 Å². The number of quaternary nitrogens is 1. The van der Waals surface area contributed by atoms with Crippen LogP contribution in [-0.4, -0.2) is 64.7 Å². The molecule has 1 saturated heterocycles. The van der Waals surface area contributed by atoms with Gasteiger partial charge in [-0.05, 0) is 49.2 Å². The average molecular weight is 602 g/mol. The fraction of sp³-hybridized carbons (Fsp3) is 0.393. The Balaban J connectivity index is 1.30. The Bertz CT molecular complexity index is 1390. The average Bonchev–Trinajstić information content (AvgIpc) is 2.96. The number of nitrogen functional groups attached to an aromatic ring is 1.